The molecule has 2 rings (SSSR count). The van der Waals surface area contributed by atoms with Crippen molar-refractivity contribution in [2.24, 2.45) is 5.92 Å². The van der Waals surface area contributed by atoms with Crippen LogP contribution in [0.25, 0.3) is 0 Å². The second-order valence-corrected chi connectivity index (χ2v) is 6.50. The maximum Gasteiger partial charge on any atom is 0.0354 e. The molecule has 0 bridgehead atoms. The smallest absolute Gasteiger partial charge is 0.0354 e. The lowest BCUT2D eigenvalue weighted by Gasteiger charge is -2.23. The first-order valence-corrected chi connectivity index (χ1v) is 7.24. The molecular weight excluding hydrogens is 218 g/mol. The van der Waals surface area contributed by atoms with Gasteiger partial charge < -0.3 is 5.32 Å². The molecule has 0 aromatic heterocycles. The summed E-state index contributed by atoms with van der Waals surface area (Å²) in [5, 5.41) is 3.78. The summed E-state index contributed by atoms with van der Waals surface area (Å²) < 4.78 is 0. The number of hydrogen-bond donors (Lipinski definition) is 1. The standard InChI is InChI=1S/C17H27N/c1-9(2)14-8-11(5)12(6)15-13(7)18-17(10(3)4)16(14)15/h8-10,13,17-18H,1-7H3/t13-,17?/m0/s1. The summed E-state index contributed by atoms with van der Waals surface area (Å²) in [5.74, 6) is 1.25. The van der Waals surface area contributed by atoms with Gasteiger partial charge in [0.05, 0.1) is 0 Å². The fraction of sp³-hybridized carbons (Fsp3) is 0.647. The lowest BCUT2D eigenvalue weighted by Crippen LogP contribution is -2.20. The van der Waals surface area contributed by atoms with Crippen molar-refractivity contribution in [2.45, 2.75) is 66.5 Å². The average molecular weight is 245 g/mol. The van der Waals surface area contributed by atoms with E-state index in [-0.39, 0.29) is 0 Å². The van der Waals surface area contributed by atoms with Crippen molar-refractivity contribution < 1.29 is 0 Å². The molecule has 0 amide bonds. The van der Waals surface area contributed by atoms with E-state index in [0.29, 0.717) is 23.9 Å². The molecule has 1 unspecified atom stereocenters. The van der Waals surface area contributed by atoms with Crippen LogP contribution >= 0.6 is 0 Å². The van der Waals surface area contributed by atoms with Gasteiger partial charge in [-0.2, -0.15) is 0 Å². The summed E-state index contributed by atoms with van der Waals surface area (Å²) in [4.78, 5) is 0. The molecule has 1 aromatic carbocycles. The van der Waals surface area contributed by atoms with E-state index < -0.39 is 0 Å². The molecule has 1 aliphatic rings. The fourth-order valence-corrected chi connectivity index (χ4v) is 3.33. The second-order valence-electron chi connectivity index (χ2n) is 6.50. The van der Waals surface area contributed by atoms with E-state index in [1.54, 1.807) is 16.7 Å². The number of hydrogen-bond acceptors (Lipinski definition) is 1. The third-order valence-electron chi connectivity index (χ3n) is 4.43. The number of fused-ring (bicyclic) bond motifs is 1. The molecule has 0 radical (unpaired) electrons. The minimum atomic E-state index is 0.491. The van der Waals surface area contributed by atoms with Gasteiger partial charge in [-0.15, -0.1) is 0 Å². The van der Waals surface area contributed by atoms with Crippen LogP contribution in [0.4, 0.5) is 0 Å². The molecule has 2 atom stereocenters. The van der Waals surface area contributed by atoms with Crippen LogP contribution in [-0.4, -0.2) is 0 Å². The Morgan fingerprint density at radius 3 is 2.17 bits per heavy atom. The minimum Gasteiger partial charge on any atom is -0.303 e. The Bertz CT molecular complexity index is 457. The van der Waals surface area contributed by atoms with Crippen LogP contribution in [0.2, 0.25) is 0 Å². The highest BCUT2D eigenvalue weighted by molar-refractivity contribution is 5.52. The van der Waals surface area contributed by atoms with Crippen molar-refractivity contribution in [3.05, 3.63) is 33.9 Å². The van der Waals surface area contributed by atoms with E-state index in [0.717, 1.165) is 0 Å². The van der Waals surface area contributed by atoms with Crippen LogP contribution in [0, 0.1) is 19.8 Å². The molecule has 1 aromatic rings. The fourth-order valence-electron chi connectivity index (χ4n) is 3.33. The van der Waals surface area contributed by atoms with Gasteiger partial charge >= 0.3 is 0 Å². The van der Waals surface area contributed by atoms with Crippen LogP contribution in [0.3, 0.4) is 0 Å². The normalized spacial score (nSPS) is 22.9. The van der Waals surface area contributed by atoms with Crippen molar-refractivity contribution in [3.8, 4) is 0 Å². The van der Waals surface area contributed by atoms with Gasteiger partial charge in [-0.05, 0) is 60.4 Å². The predicted octanol–water partition coefficient (Wildman–Crippen LogP) is 4.79. The molecule has 1 aliphatic heterocycles. The monoisotopic (exact) mass is 245 g/mol. The Balaban J connectivity index is 2.70. The van der Waals surface area contributed by atoms with Gasteiger partial charge in [0.25, 0.3) is 0 Å². The summed E-state index contributed by atoms with van der Waals surface area (Å²) in [6.45, 7) is 16.1. The Morgan fingerprint density at radius 1 is 1.06 bits per heavy atom. The minimum absolute atomic E-state index is 0.491. The summed E-state index contributed by atoms with van der Waals surface area (Å²) in [7, 11) is 0. The third kappa shape index (κ3) is 1.99. The van der Waals surface area contributed by atoms with Crippen LogP contribution in [0.5, 0.6) is 0 Å². The molecule has 0 spiro atoms. The predicted molar refractivity (Wildman–Crippen MR) is 79.1 cm³/mol. The van der Waals surface area contributed by atoms with Crippen LogP contribution in [0.1, 0.15) is 80.4 Å². The number of benzene rings is 1. The van der Waals surface area contributed by atoms with E-state index in [9.17, 15) is 0 Å². The molecule has 1 N–H and O–H groups in total. The van der Waals surface area contributed by atoms with E-state index in [4.69, 9.17) is 0 Å². The Labute approximate surface area is 112 Å². The molecule has 1 nitrogen and oxygen atoms in total. The van der Waals surface area contributed by atoms with Gasteiger partial charge in [0.2, 0.25) is 0 Å². The summed E-state index contributed by atoms with van der Waals surface area (Å²) in [6, 6.07) is 3.42. The largest absolute Gasteiger partial charge is 0.303 e. The number of nitrogens with one attached hydrogen (secondary N) is 1. The zero-order valence-corrected chi connectivity index (χ0v) is 12.9. The van der Waals surface area contributed by atoms with Gasteiger partial charge in [0.1, 0.15) is 0 Å². The Morgan fingerprint density at radius 2 is 1.67 bits per heavy atom. The van der Waals surface area contributed by atoms with E-state index in [1.165, 1.54) is 11.1 Å². The van der Waals surface area contributed by atoms with Crippen molar-refractivity contribution in [1.29, 1.82) is 0 Å². The third-order valence-corrected chi connectivity index (χ3v) is 4.43. The van der Waals surface area contributed by atoms with Crippen molar-refractivity contribution >= 4 is 0 Å². The molecule has 1 heterocycles. The highest BCUT2D eigenvalue weighted by atomic mass is 15.0. The van der Waals surface area contributed by atoms with Crippen molar-refractivity contribution in [2.75, 3.05) is 0 Å². The zero-order chi connectivity index (χ0) is 13.6. The lowest BCUT2D eigenvalue weighted by molar-refractivity contribution is 0.410. The Hall–Kier alpha value is -0.820. The molecule has 0 aliphatic carbocycles. The lowest BCUT2D eigenvalue weighted by atomic mass is 9.83. The summed E-state index contributed by atoms with van der Waals surface area (Å²) in [6.07, 6.45) is 0. The summed E-state index contributed by atoms with van der Waals surface area (Å²) in [5.41, 5.74) is 7.63. The van der Waals surface area contributed by atoms with Crippen molar-refractivity contribution in [3.63, 3.8) is 0 Å². The van der Waals surface area contributed by atoms with E-state index in [2.05, 4.69) is 59.8 Å². The molecular formula is C17H27N. The van der Waals surface area contributed by atoms with Gasteiger partial charge in [-0.3, -0.25) is 0 Å². The maximum absolute atomic E-state index is 3.78. The topological polar surface area (TPSA) is 12.0 Å². The van der Waals surface area contributed by atoms with Gasteiger partial charge in [0, 0.05) is 12.1 Å². The van der Waals surface area contributed by atoms with Gasteiger partial charge in [-0.25, -0.2) is 0 Å². The van der Waals surface area contributed by atoms with Crippen LogP contribution in [-0.2, 0) is 0 Å². The quantitative estimate of drug-likeness (QED) is 0.790. The number of rotatable bonds is 2. The highest BCUT2D eigenvalue weighted by Gasteiger charge is 2.33. The van der Waals surface area contributed by atoms with Crippen LogP contribution < -0.4 is 5.32 Å². The SMILES string of the molecule is Cc1cc(C(C)C)c2c(c1C)[C@H](C)NC2C(C)C. The molecule has 1 heteroatoms. The summed E-state index contributed by atoms with van der Waals surface area (Å²) >= 11 is 0. The van der Waals surface area contributed by atoms with E-state index in [1.807, 2.05) is 0 Å². The highest BCUT2D eigenvalue weighted by Crippen LogP contribution is 2.43. The molecule has 0 fully saturated rings. The Kier molecular flexibility index (Phi) is 3.55. The first-order chi connectivity index (χ1) is 8.34. The zero-order valence-electron chi connectivity index (χ0n) is 12.9. The molecule has 0 saturated heterocycles. The molecule has 18 heavy (non-hydrogen) atoms. The van der Waals surface area contributed by atoms with Gasteiger partial charge in [0.15, 0.2) is 0 Å². The first-order valence-electron chi connectivity index (χ1n) is 7.24. The van der Waals surface area contributed by atoms with E-state index >= 15 is 0 Å². The second kappa shape index (κ2) is 4.70. The van der Waals surface area contributed by atoms with Gasteiger partial charge in [-0.1, -0.05) is 33.8 Å². The van der Waals surface area contributed by atoms with Crippen molar-refractivity contribution in [1.82, 2.24) is 5.32 Å². The molecule has 100 valence electrons. The average Bonchev–Trinajstić information content (AvgIpc) is 2.61. The number of aryl methyl sites for hydroxylation is 1. The first kappa shape index (κ1) is 13.6. The molecule has 0 saturated carbocycles. The maximum atomic E-state index is 3.78. The van der Waals surface area contributed by atoms with Crippen LogP contribution in [0.15, 0.2) is 6.07 Å².